The van der Waals surface area contributed by atoms with Crippen molar-refractivity contribution in [3.8, 4) is 5.75 Å². The van der Waals surface area contributed by atoms with Crippen LogP contribution in [0.1, 0.15) is 83.1 Å². The summed E-state index contributed by atoms with van der Waals surface area (Å²) in [5.74, 6) is -5.69. The Balaban J connectivity index is 1.78. The summed E-state index contributed by atoms with van der Waals surface area (Å²) in [5, 5.41) is 36.6. The van der Waals surface area contributed by atoms with Crippen molar-refractivity contribution in [2.24, 2.45) is 11.8 Å². The molecular formula is C40H55N7O9. The van der Waals surface area contributed by atoms with E-state index in [0.29, 0.717) is 31.2 Å². The number of amides is 7. The van der Waals surface area contributed by atoms with Gasteiger partial charge in [-0.25, -0.2) is 0 Å². The van der Waals surface area contributed by atoms with Gasteiger partial charge in [0.25, 0.3) is 5.91 Å². The SMILES string of the molecule is CC[C@@H](C)[C@H]1NC(=O)c2ccccc2NC(=O)[C@@H]2CCCN2C(=O)[C@@H]([C@H](C)CC)NC(=O)[C@H](C)NC(=O)[C@H]([C@@H](C)O)NC(=O)[C@@H](Cc2ccc(O)cc2)NC1=O. The largest absolute Gasteiger partial charge is 0.508 e. The third-order valence-corrected chi connectivity index (χ3v) is 10.7. The molecule has 4 rings (SSSR count). The highest BCUT2D eigenvalue weighted by Crippen LogP contribution is 2.25. The second kappa shape index (κ2) is 19.4. The van der Waals surface area contributed by atoms with Crippen LogP contribution in [0.4, 0.5) is 5.69 Å². The van der Waals surface area contributed by atoms with Crippen molar-refractivity contribution in [1.82, 2.24) is 31.5 Å². The molecule has 0 radical (unpaired) electrons. The predicted octanol–water partition coefficient (Wildman–Crippen LogP) is 1.11. The Bertz CT molecular complexity index is 1770. The van der Waals surface area contributed by atoms with Crippen molar-refractivity contribution in [1.29, 1.82) is 0 Å². The van der Waals surface area contributed by atoms with Gasteiger partial charge < -0.3 is 47.0 Å². The van der Waals surface area contributed by atoms with Gasteiger partial charge in [0.2, 0.25) is 35.4 Å². The van der Waals surface area contributed by atoms with Gasteiger partial charge in [-0.1, -0.05) is 64.8 Å². The van der Waals surface area contributed by atoms with Crippen LogP contribution < -0.4 is 31.9 Å². The van der Waals surface area contributed by atoms with E-state index in [1.807, 2.05) is 13.8 Å². The minimum atomic E-state index is -1.58. The zero-order valence-electron chi connectivity index (χ0n) is 32.8. The van der Waals surface area contributed by atoms with Crippen LogP contribution in [-0.2, 0) is 35.2 Å². The van der Waals surface area contributed by atoms with Crippen LogP contribution >= 0.6 is 0 Å². The summed E-state index contributed by atoms with van der Waals surface area (Å²) in [6.45, 7) is 10.1. The number of nitrogens with zero attached hydrogens (tertiary/aromatic N) is 1. The number of carbonyl (C=O) groups is 7. The maximum Gasteiger partial charge on any atom is 0.254 e. The number of para-hydroxylation sites is 1. The minimum Gasteiger partial charge on any atom is -0.508 e. The van der Waals surface area contributed by atoms with Gasteiger partial charge in [0.05, 0.1) is 17.4 Å². The molecule has 1 saturated heterocycles. The van der Waals surface area contributed by atoms with Gasteiger partial charge in [0, 0.05) is 13.0 Å². The molecule has 0 spiro atoms. The molecule has 0 aliphatic carbocycles. The number of anilines is 1. The average molecular weight is 778 g/mol. The van der Waals surface area contributed by atoms with E-state index in [2.05, 4.69) is 31.9 Å². The van der Waals surface area contributed by atoms with Gasteiger partial charge in [0.1, 0.15) is 42.0 Å². The molecule has 304 valence electrons. The van der Waals surface area contributed by atoms with Crippen molar-refractivity contribution in [3.63, 3.8) is 0 Å². The number of phenols is 1. The number of aliphatic hydroxyl groups excluding tert-OH is 1. The molecule has 2 aliphatic heterocycles. The highest BCUT2D eigenvalue weighted by Gasteiger charge is 2.41. The number of fused-ring (bicyclic) bond motifs is 2. The second-order valence-electron chi connectivity index (χ2n) is 14.8. The molecule has 2 aliphatic rings. The van der Waals surface area contributed by atoms with E-state index in [9.17, 15) is 43.8 Å². The zero-order chi connectivity index (χ0) is 41.3. The van der Waals surface area contributed by atoms with E-state index < -0.39 is 89.6 Å². The number of aliphatic hydroxyl groups is 1. The summed E-state index contributed by atoms with van der Waals surface area (Å²) in [6, 6.07) is 4.93. The molecular weight excluding hydrogens is 722 g/mol. The van der Waals surface area contributed by atoms with Gasteiger partial charge in [-0.05, 0) is 68.4 Å². The van der Waals surface area contributed by atoms with E-state index in [4.69, 9.17) is 0 Å². The molecule has 0 bridgehead atoms. The predicted molar refractivity (Wildman–Crippen MR) is 207 cm³/mol. The quantitative estimate of drug-likeness (QED) is 0.201. The lowest BCUT2D eigenvalue weighted by molar-refractivity contribution is -0.142. The number of rotatable bonds is 7. The van der Waals surface area contributed by atoms with E-state index in [-0.39, 0.29) is 35.9 Å². The van der Waals surface area contributed by atoms with E-state index in [1.54, 1.807) is 44.2 Å². The lowest BCUT2D eigenvalue weighted by Gasteiger charge is -2.32. The van der Waals surface area contributed by atoms with Crippen molar-refractivity contribution >= 4 is 47.0 Å². The number of hydrogen-bond donors (Lipinski definition) is 8. The molecule has 1 fully saturated rings. The molecule has 2 heterocycles. The van der Waals surface area contributed by atoms with Crippen molar-refractivity contribution in [3.05, 3.63) is 59.7 Å². The van der Waals surface area contributed by atoms with Crippen LogP contribution in [0.25, 0.3) is 0 Å². The molecule has 7 amide bonds. The zero-order valence-corrected chi connectivity index (χ0v) is 32.8. The first-order valence-electron chi connectivity index (χ1n) is 19.2. The van der Waals surface area contributed by atoms with E-state index in [1.165, 1.54) is 36.9 Å². The topological polar surface area (TPSA) is 235 Å². The highest BCUT2D eigenvalue weighted by molar-refractivity contribution is 6.07. The first kappa shape index (κ1) is 43.2. The summed E-state index contributed by atoms with van der Waals surface area (Å²) in [6.07, 6.45) is 0.249. The molecule has 16 nitrogen and oxygen atoms in total. The molecule has 0 aromatic heterocycles. The number of carbonyl (C=O) groups excluding carboxylic acids is 7. The van der Waals surface area contributed by atoms with Gasteiger partial charge in [-0.2, -0.15) is 0 Å². The van der Waals surface area contributed by atoms with Crippen LogP contribution in [0.3, 0.4) is 0 Å². The van der Waals surface area contributed by atoms with Crippen molar-refractivity contribution in [2.45, 2.75) is 116 Å². The Morgan fingerprint density at radius 1 is 0.714 bits per heavy atom. The molecule has 2 aromatic rings. The number of nitrogens with one attached hydrogen (secondary N) is 6. The first-order valence-corrected chi connectivity index (χ1v) is 19.2. The summed E-state index contributed by atoms with van der Waals surface area (Å²) in [4.78, 5) is 98.4. The maximum atomic E-state index is 14.1. The molecule has 0 saturated carbocycles. The molecule has 2 aromatic carbocycles. The first-order chi connectivity index (χ1) is 26.6. The standard InChI is InChI=1S/C40H55N7O9/c1-7-21(3)31-38(54)43-29(20-25-15-17-26(49)18-16-25)36(52)46-33(24(6)48)39(55)41-23(5)34(50)45-32(22(4)8-2)40(56)47-19-11-14-30(47)37(53)42-28-13-10-9-12-27(28)35(51)44-31/h9-10,12-13,15-18,21-24,29-33,48-49H,7-8,11,14,19-20H2,1-6H3,(H,41,55)(H,42,53)(H,43,54)(H,44,51)(H,45,50)(H,46,52)/t21-,22-,23+,24-,29-,30+,31-,32-,33+/m1/s1. The van der Waals surface area contributed by atoms with Crippen LogP contribution in [0.15, 0.2) is 48.5 Å². The summed E-state index contributed by atoms with van der Waals surface area (Å²) in [5.41, 5.74) is 0.751. The van der Waals surface area contributed by atoms with Crippen molar-refractivity contribution in [2.75, 3.05) is 11.9 Å². The van der Waals surface area contributed by atoms with Crippen LogP contribution in [0.5, 0.6) is 5.75 Å². The molecule has 0 unspecified atom stereocenters. The van der Waals surface area contributed by atoms with Crippen LogP contribution in [0.2, 0.25) is 0 Å². The van der Waals surface area contributed by atoms with Gasteiger partial charge in [-0.3, -0.25) is 33.6 Å². The Kier molecular flexibility index (Phi) is 15.0. The second-order valence-corrected chi connectivity index (χ2v) is 14.8. The lowest BCUT2D eigenvalue weighted by Crippen LogP contribution is -2.62. The van der Waals surface area contributed by atoms with E-state index in [0.717, 1.165) is 0 Å². The monoisotopic (exact) mass is 777 g/mol. The molecule has 56 heavy (non-hydrogen) atoms. The van der Waals surface area contributed by atoms with Crippen LogP contribution in [-0.4, -0.2) is 105 Å². The Morgan fingerprint density at radius 2 is 1.32 bits per heavy atom. The molecule has 9 atom stereocenters. The lowest BCUT2D eigenvalue weighted by atomic mass is 9.96. The summed E-state index contributed by atoms with van der Waals surface area (Å²) < 4.78 is 0. The van der Waals surface area contributed by atoms with Gasteiger partial charge in [0.15, 0.2) is 0 Å². The fourth-order valence-corrected chi connectivity index (χ4v) is 6.74. The third-order valence-electron chi connectivity index (χ3n) is 10.7. The Morgan fingerprint density at radius 3 is 1.96 bits per heavy atom. The Hall–Kier alpha value is -5.51. The maximum absolute atomic E-state index is 14.1. The molecule has 8 N–H and O–H groups in total. The normalized spacial score (nSPS) is 26.3. The fourth-order valence-electron chi connectivity index (χ4n) is 6.74. The third kappa shape index (κ3) is 10.6. The minimum absolute atomic E-state index is 0.0230. The number of hydrogen-bond acceptors (Lipinski definition) is 9. The highest BCUT2D eigenvalue weighted by atomic mass is 16.3. The average Bonchev–Trinajstić information content (AvgIpc) is 3.67. The fraction of sp³-hybridized carbons (Fsp3) is 0.525. The van der Waals surface area contributed by atoms with Gasteiger partial charge >= 0.3 is 0 Å². The smallest absolute Gasteiger partial charge is 0.254 e. The number of phenolic OH excluding ortho intramolecular Hbond substituents is 1. The van der Waals surface area contributed by atoms with Gasteiger partial charge in [-0.15, -0.1) is 0 Å². The summed E-state index contributed by atoms with van der Waals surface area (Å²) >= 11 is 0. The number of benzene rings is 2. The summed E-state index contributed by atoms with van der Waals surface area (Å²) in [7, 11) is 0. The van der Waals surface area contributed by atoms with Crippen molar-refractivity contribution < 1.29 is 43.8 Å². The van der Waals surface area contributed by atoms with Crippen LogP contribution in [0, 0.1) is 11.8 Å². The van der Waals surface area contributed by atoms with E-state index >= 15 is 0 Å². The molecule has 16 heteroatoms. The number of aromatic hydroxyl groups is 1. The Labute approximate surface area is 326 Å².